The fourth-order valence-corrected chi connectivity index (χ4v) is 2.47. The van der Waals surface area contributed by atoms with Crippen LogP contribution in [0.1, 0.15) is 25.3 Å². The van der Waals surface area contributed by atoms with E-state index in [1.165, 1.54) is 5.56 Å². The first kappa shape index (κ1) is 14.0. The zero-order valence-corrected chi connectivity index (χ0v) is 12.0. The highest BCUT2D eigenvalue weighted by molar-refractivity contribution is 5.98. The molecule has 0 aliphatic carbocycles. The van der Waals surface area contributed by atoms with Gasteiger partial charge in [0, 0.05) is 25.3 Å². The SMILES string of the molecule is CC(C)c1ccc(N2CCN(C)C(CN)C2=O)cc1. The fraction of sp³-hybridized carbons (Fsp3) is 0.533. The van der Waals surface area contributed by atoms with Gasteiger partial charge in [-0.3, -0.25) is 9.69 Å². The van der Waals surface area contributed by atoms with Crippen molar-refractivity contribution in [2.75, 3.05) is 31.6 Å². The fourth-order valence-electron chi connectivity index (χ4n) is 2.47. The average molecular weight is 261 g/mol. The van der Waals surface area contributed by atoms with Gasteiger partial charge < -0.3 is 10.6 Å². The molecule has 0 aromatic heterocycles. The molecule has 1 unspecified atom stereocenters. The van der Waals surface area contributed by atoms with Crippen molar-refractivity contribution < 1.29 is 4.79 Å². The van der Waals surface area contributed by atoms with Crippen LogP contribution in [0.15, 0.2) is 24.3 Å². The molecule has 1 aliphatic rings. The van der Waals surface area contributed by atoms with E-state index in [0.717, 1.165) is 18.8 Å². The summed E-state index contributed by atoms with van der Waals surface area (Å²) in [5.41, 5.74) is 7.96. The molecule has 1 aliphatic heterocycles. The molecule has 1 saturated heterocycles. The molecular weight excluding hydrogens is 238 g/mol. The second-order valence-electron chi connectivity index (χ2n) is 5.47. The lowest BCUT2D eigenvalue weighted by molar-refractivity contribution is -0.124. The maximum absolute atomic E-state index is 12.4. The van der Waals surface area contributed by atoms with Crippen LogP contribution in [0.4, 0.5) is 5.69 Å². The molecule has 1 amide bonds. The predicted molar refractivity (Wildman–Crippen MR) is 78.4 cm³/mol. The molecule has 1 atom stereocenters. The number of anilines is 1. The number of amides is 1. The van der Waals surface area contributed by atoms with Gasteiger partial charge in [0.15, 0.2) is 0 Å². The number of nitrogens with two attached hydrogens (primary N) is 1. The van der Waals surface area contributed by atoms with Crippen LogP contribution in [-0.4, -0.2) is 43.5 Å². The standard InChI is InChI=1S/C15H23N3O/c1-11(2)12-4-6-13(7-5-12)18-9-8-17(3)14(10-16)15(18)19/h4-7,11,14H,8-10,16H2,1-3H3. The van der Waals surface area contributed by atoms with Crippen molar-refractivity contribution in [2.24, 2.45) is 5.73 Å². The summed E-state index contributed by atoms with van der Waals surface area (Å²) in [5.74, 6) is 0.613. The summed E-state index contributed by atoms with van der Waals surface area (Å²) < 4.78 is 0. The van der Waals surface area contributed by atoms with E-state index in [-0.39, 0.29) is 11.9 Å². The molecule has 104 valence electrons. The van der Waals surface area contributed by atoms with E-state index in [0.29, 0.717) is 12.5 Å². The van der Waals surface area contributed by atoms with Gasteiger partial charge in [-0.25, -0.2) is 0 Å². The number of rotatable bonds is 3. The van der Waals surface area contributed by atoms with Crippen molar-refractivity contribution in [3.05, 3.63) is 29.8 Å². The Balaban J connectivity index is 2.19. The summed E-state index contributed by atoms with van der Waals surface area (Å²) >= 11 is 0. The van der Waals surface area contributed by atoms with Crippen molar-refractivity contribution in [3.8, 4) is 0 Å². The minimum absolute atomic E-state index is 0.105. The van der Waals surface area contributed by atoms with Crippen molar-refractivity contribution in [3.63, 3.8) is 0 Å². The second-order valence-corrected chi connectivity index (χ2v) is 5.47. The van der Waals surface area contributed by atoms with E-state index in [1.807, 2.05) is 29.0 Å². The first-order chi connectivity index (χ1) is 9.04. The van der Waals surface area contributed by atoms with E-state index in [4.69, 9.17) is 5.73 Å². The van der Waals surface area contributed by atoms with Crippen LogP contribution < -0.4 is 10.6 Å². The summed E-state index contributed by atoms with van der Waals surface area (Å²) in [6.45, 7) is 6.29. The zero-order chi connectivity index (χ0) is 14.0. The van der Waals surface area contributed by atoms with Crippen molar-refractivity contribution in [1.82, 2.24) is 4.90 Å². The molecule has 1 fully saturated rings. The molecule has 4 nitrogen and oxygen atoms in total. The van der Waals surface area contributed by atoms with Gasteiger partial charge in [-0.05, 0) is 30.7 Å². The molecule has 1 aromatic rings. The van der Waals surface area contributed by atoms with Gasteiger partial charge in [-0.1, -0.05) is 26.0 Å². The van der Waals surface area contributed by atoms with Crippen LogP contribution in [0.2, 0.25) is 0 Å². The number of hydrogen-bond donors (Lipinski definition) is 1. The monoisotopic (exact) mass is 261 g/mol. The quantitative estimate of drug-likeness (QED) is 0.895. The topological polar surface area (TPSA) is 49.6 Å². The molecule has 4 heteroatoms. The van der Waals surface area contributed by atoms with Gasteiger partial charge in [-0.2, -0.15) is 0 Å². The lowest BCUT2D eigenvalue weighted by Crippen LogP contribution is -2.58. The first-order valence-corrected chi connectivity index (χ1v) is 6.86. The molecule has 0 bridgehead atoms. The number of benzene rings is 1. The molecule has 0 spiro atoms. The number of nitrogens with zero attached hydrogens (tertiary/aromatic N) is 2. The first-order valence-electron chi connectivity index (χ1n) is 6.86. The van der Waals surface area contributed by atoms with Gasteiger partial charge in [0.25, 0.3) is 0 Å². The molecule has 1 heterocycles. The third kappa shape index (κ3) is 2.80. The number of piperazine rings is 1. The predicted octanol–water partition coefficient (Wildman–Crippen LogP) is 1.42. The van der Waals surface area contributed by atoms with Crippen LogP contribution >= 0.6 is 0 Å². The summed E-state index contributed by atoms with van der Waals surface area (Å²) in [5, 5.41) is 0. The maximum Gasteiger partial charge on any atom is 0.245 e. The van der Waals surface area contributed by atoms with Gasteiger partial charge in [-0.15, -0.1) is 0 Å². The van der Waals surface area contributed by atoms with Crippen molar-refractivity contribution in [1.29, 1.82) is 0 Å². The van der Waals surface area contributed by atoms with Gasteiger partial charge in [0.2, 0.25) is 5.91 Å². The van der Waals surface area contributed by atoms with E-state index in [9.17, 15) is 4.79 Å². The van der Waals surface area contributed by atoms with Crippen LogP contribution in [0, 0.1) is 0 Å². The Bertz CT molecular complexity index is 441. The maximum atomic E-state index is 12.4. The van der Waals surface area contributed by atoms with E-state index < -0.39 is 0 Å². The summed E-state index contributed by atoms with van der Waals surface area (Å²) in [7, 11) is 1.95. The van der Waals surface area contributed by atoms with Crippen LogP contribution in [0.3, 0.4) is 0 Å². The minimum atomic E-state index is -0.196. The Labute approximate surface area is 115 Å². The van der Waals surface area contributed by atoms with Gasteiger partial charge in [0.1, 0.15) is 6.04 Å². The van der Waals surface area contributed by atoms with Crippen LogP contribution in [0.25, 0.3) is 0 Å². The summed E-state index contributed by atoms with van der Waals surface area (Å²) in [6.07, 6.45) is 0. The molecule has 19 heavy (non-hydrogen) atoms. The van der Waals surface area contributed by atoms with Gasteiger partial charge in [0.05, 0.1) is 0 Å². The second kappa shape index (κ2) is 5.72. The lowest BCUT2D eigenvalue weighted by atomic mass is 10.0. The number of carbonyl (C=O) groups excluding carboxylic acids is 1. The number of hydrogen-bond acceptors (Lipinski definition) is 3. The van der Waals surface area contributed by atoms with Crippen molar-refractivity contribution in [2.45, 2.75) is 25.8 Å². The molecule has 2 N–H and O–H groups in total. The third-order valence-electron chi connectivity index (χ3n) is 3.85. The van der Waals surface area contributed by atoms with E-state index in [1.54, 1.807) is 0 Å². The Morgan fingerprint density at radius 2 is 1.89 bits per heavy atom. The molecule has 1 aromatic carbocycles. The molecule has 0 saturated carbocycles. The lowest BCUT2D eigenvalue weighted by Gasteiger charge is -2.38. The average Bonchev–Trinajstić information content (AvgIpc) is 2.39. The van der Waals surface area contributed by atoms with Gasteiger partial charge >= 0.3 is 0 Å². The normalized spacial score (nSPS) is 21.2. The summed E-state index contributed by atoms with van der Waals surface area (Å²) in [6, 6.07) is 8.07. The highest BCUT2D eigenvalue weighted by Gasteiger charge is 2.32. The highest BCUT2D eigenvalue weighted by atomic mass is 16.2. The molecule has 2 rings (SSSR count). The number of likely N-dealkylation sites (N-methyl/N-ethyl adjacent to an activating group) is 1. The van der Waals surface area contributed by atoms with Crippen LogP contribution in [-0.2, 0) is 4.79 Å². The Morgan fingerprint density at radius 3 is 2.42 bits per heavy atom. The largest absolute Gasteiger partial charge is 0.328 e. The molecular formula is C15H23N3O. The zero-order valence-electron chi connectivity index (χ0n) is 12.0. The summed E-state index contributed by atoms with van der Waals surface area (Å²) in [4.78, 5) is 16.3. The highest BCUT2D eigenvalue weighted by Crippen LogP contribution is 2.22. The van der Waals surface area contributed by atoms with E-state index in [2.05, 4.69) is 26.0 Å². The molecule has 0 radical (unpaired) electrons. The smallest absolute Gasteiger partial charge is 0.245 e. The van der Waals surface area contributed by atoms with E-state index >= 15 is 0 Å². The number of carbonyl (C=O) groups is 1. The minimum Gasteiger partial charge on any atom is -0.328 e. The Morgan fingerprint density at radius 1 is 1.26 bits per heavy atom. The van der Waals surface area contributed by atoms with Crippen molar-refractivity contribution >= 4 is 11.6 Å². The Kier molecular flexibility index (Phi) is 4.22. The third-order valence-corrected chi connectivity index (χ3v) is 3.85. The Hall–Kier alpha value is -1.39. The van der Waals surface area contributed by atoms with Crippen LogP contribution in [0.5, 0.6) is 0 Å².